The normalized spacial score (nSPS) is 20.6. The summed E-state index contributed by atoms with van der Waals surface area (Å²) in [5.74, 6) is -3.12. The molecule has 4 rings (SSSR count). The molecule has 1 heterocycles. The van der Waals surface area contributed by atoms with Crippen molar-refractivity contribution in [1.82, 2.24) is 5.32 Å². The molecule has 1 aliphatic heterocycles. The van der Waals surface area contributed by atoms with Crippen LogP contribution in [0.15, 0.2) is 42.5 Å². The molecule has 0 unspecified atom stereocenters. The molecule has 3 nitrogen and oxygen atoms in total. The van der Waals surface area contributed by atoms with Gasteiger partial charge in [-0.2, -0.15) is 0 Å². The van der Waals surface area contributed by atoms with Gasteiger partial charge in [-0.05, 0) is 34.2 Å². The Labute approximate surface area is 138 Å². The molecule has 23 heavy (non-hydrogen) atoms. The largest absolute Gasteiger partial charge is 0.443 e. The van der Waals surface area contributed by atoms with Gasteiger partial charge in [-0.15, -0.1) is 12.4 Å². The van der Waals surface area contributed by atoms with E-state index < -0.39 is 24.7 Å². The van der Waals surface area contributed by atoms with E-state index in [0.717, 1.165) is 23.1 Å². The Bertz CT molecular complexity index is 779. The van der Waals surface area contributed by atoms with Gasteiger partial charge >= 0.3 is 12.0 Å². The van der Waals surface area contributed by atoms with Crippen molar-refractivity contribution in [2.45, 2.75) is 18.4 Å². The third-order valence-electron chi connectivity index (χ3n) is 4.23. The van der Waals surface area contributed by atoms with Gasteiger partial charge in [-0.3, -0.25) is 0 Å². The van der Waals surface area contributed by atoms with E-state index in [1.165, 1.54) is 5.56 Å². The maximum Gasteiger partial charge on any atom is 0.408 e. The average Bonchev–Trinajstić information content (AvgIpc) is 2.87. The van der Waals surface area contributed by atoms with Gasteiger partial charge in [-0.1, -0.05) is 42.5 Å². The summed E-state index contributed by atoms with van der Waals surface area (Å²) < 4.78 is 32.4. The number of hydrogen-bond donors (Lipinski definition) is 1. The van der Waals surface area contributed by atoms with Crippen LogP contribution in [0.3, 0.4) is 0 Å². The number of alkyl halides is 2. The molecule has 1 atom stereocenters. The summed E-state index contributed by atoms with van der Waals surface area (Å²) in [4.78, 5) is 11.3. The molecule has 120 valence electrons. The molecule has 6 heteroatoms. The maximum atomic E-state index is 14.0. The van der Waals surface area contributed by atoms with Crippen molar-refractivity contribution in [3.8, 4) is 11.1 Å². The van der Waals surface area contributed by atoms with E-state index in [1.807, 2.05) is 30.3 Å². The van der Waals surface area contributed by atoms with E-state index in [1.54, 1.807) is 12.1 Å². The fourth-order valence-corrected chi connectivity index (χ4v) is 3.18. The molecule has 1 fully saturated rings. The number of amides is 1. The maximum absolute atomic E-state index is 14.0. The van der Waals surface area contributed by atoms with Crippen LogP contribution in [-0.2, 0) is 11.2 Å². The summed E-state index contributed by atoms with van der Waals surface area (Å²) in [6.07, 6.45) is -0.0815. The van der Waals surface area contributed by atoms with E-state index in [9.17, 15) is 13.6 Å². The number of carbonyl (C=O) groups excluding carboxylic acids is 1. The van der Waals surface area contributed by atoms with Crippen LogP contribution in [0.25, 0.3) is 11.1 Å². The molecule has 0 aromatic heterocycles. The first-order valence-corrected chi connectivity index (χ1v) is 7.07. The van der Waals surface area contributed by atoms with Crippen molar-refractivity contribution in [2.24, 2.45) is 0 Å². The number of ether oxygens (including phenoxy) is 1. The van der Waals surface area contributed by atoms with E-state index >= 15 is 0 Å². The van der Waals surface area contributed by atoms with Crippen LogP contribution in [-0.4, -0.2) is 18.6 Å². The van der Waals surface area contributed by atoms with Gasteiger partial charge in [0, 0.05) is 0 Å². The summed E-state index contributed by atoms with van der Waals surface area (Å²) >= 11 is 0. The Morgan fingerprint density at radius 3 is 2.65 bits per heavy atom. The van der Waals surface area contributed by atoms with Crippen LogP contribution < -0.4 is 5.32 Å². The van der Waals surface area contributed by atoms with Gasteiger partial charge in [0.05, 0.1) is 0 Å². The van der Waals surface area contributed by atoms with E-state index in [-0.39, 0.29) is 12.4 Å². The first kappa shape index (κ1) is 15.7. The molecule has 2 aromatic rings. The highest BCUT2D eigenvalue weighted by molar-refractivity contribution is 5.85. The molecule has 0 radical (unpaired) electrons. The lowest BCUT2D eigenvalue weighted by Crippen LogP contribution is -2.49. The van der Waals surface area contributed by atoms with Gasteiger partial charge in [0.2, 0.25) is 0 Å². The zero-order chi connectivity index (χ0) is 15.3. The lowest BCUT2D eigenvalue weighted by Gasteiger charge is -2.32. The minimum atomic E-state index is -3.12. The first-order chi connectivity index (χ1) is 10.5. The summed E-state index contributed by atoms with van der Waals surface area (Å²) in [5.41, 5.74) is 4.83. The van der Waals surface area contributed by atoms with E-state index in [2.05, 4.69) is 10.1 Å². The quantitative estimate of drug-likeness (QED) is 0.726. The number of cyclic esters (lactones) is 1. The van der Waals surface area contributed by atoms with Gasteiger partial charge in [0.25, 0.3) is 0 Å². The summed E-state index contributed by atoms with van der Waals surface area (Å²) in [6, 6.07) is 11.9. The average molecular weight is 338 g/mol. The third-order valence-corrected chi connectivity index (χ3v) is 4.23. The number of rotatable bonds is 1. The first-order valence-electron chi connectivity index (χ1n) is 7.07. The van der Waals surface area contributed by atoms with Gasteiger partial charge < -0.3 is 10.1 Å². The lowest BCUT2D eigenvalue weighted by molar-refractivity contribution is -0.104. The fraction of sp³-hybridized carbons (Fsp3) is 0.235. The fourth-order valence-electron chi connectivity index (χ4n) is 3.18. The molecule has 0 spiro atoms. The summed E-state index contributed by atoms with van der Waals surface area (Å²) in [6.45, 7) is -0.888. The van der Waals surface area contributed by atoms with Crippen molar-refractivity contribution < 1.29 is 18.3 Å². The van der Waals surface area contributed by atoms with E-state index in [4.69, 9.17) is 0 Å². The number of halogens is 3. The summed E-state index contributed by atoms with van der Waals surface area (Å²) in [7, 11) is 0. The zero-order valence-electron chi connectivity index (χ0n) is 12.0. The molecule has 2 aliphatic rings. The van der Waals surface area contributed by atoms with Gasteiger partial charge in [-0.25, -0.2) is 13.6 Å². The lowest BCUT2D eigenvalue weighted by atomic mass is 9.95. The molecular formula is C17H14ClF2NO2. The van der Waals surface area contributed by atoms with Crippen molar-refractivity contribution in [3.63, 3.8) is 0 Å². The Balaban J connectivity index is 0.00000156. The highest BCUT2D eigenvalue weighted by atomic mass is 35.5. The molecular weight excluding hydrogens is 324 g/mol. The van der Waals surface area contributed by atoms with Crippen LogP contribution in [0.2, 0.25) is 0 Å². The SMILES string of the molecule is Cl.O=C1N[C@@H](c2ccc3c(c2)Cc2ccccc2-3)C(F)(F)CO1. The van der Waals surface area contributed by atoms with Crippen LogP contribution in [0.1, 0.15) is 22.7 Å². The second-order valence-electron chi connectivity index (χ2n) is 5.67. The number of carbonyl (C=O) groups is 1. The summed E-state index contributed by atoms with van der Waals surface area (Å²) in [5, 5.41) is 2.22. The Morgan fingerprint density at radius 1 is 1.09 bits per heavy atom. The predicted octanol–water partition coefficient (Wildman–Crippen LogP) is 4.10. The van der Waals surface area contributed by atoms with Gasteiger partial charge in [0.15, 0.2) is 6.61 Å². The third kappa shape index (κ3) is 2.55. The smallest absolute Gasteiger partial charge is 0.408 e. The molecule has 1 amide bonds. The molecule has 0 saturated carbocycles. The molecule has 0 bridgehead atoms. The van der Waals surface area contributed by atoms with Crippen molar-refractivity contribution >= 4 is 18.5 Å². The van der Waals surface area contributed by atoms with Crippen LogP contribution in [0, 0.1) is 0 Å². The highest BCUT2D eigenvalue weighted by Gasteiger charge is 2.47. The minimum absolute atomic E-state index is 0. The molecule has 1 N–H and O–H groups in total. The minimum Gasteiger partial charge on any atom is -0.443 e. The van der Waals surface area contributed by atoms with Gasteiger partial charge in [0.1, 0.15) is 6.04 Å². The van der Waals surface area contributed by atoms with Crippen LogP contribution in [0.4, 0.5) is 13.6 Å². The Kier molecular flexibility index (Phi) is 3.76. The standard InChI is InChI=1S/C17H13F2NO2.ClH/c18-17(19)9-22-16(21)20-15(17)11-5-6-14-12(8-11)7-10-3-1-2-4-13(10)14;/h1-6,8,15H,7,9H2,(H,20,21);1H/t15-;/m0./s1. The number of fused-ring (bicyclic) bond motifs is 3. The second-order valence-corrected chi connectivity index (χ2v) is 5.67. The van der Waals surface area contributed by atoms with E-state index in [0.29, 0.717) is 5.56 Å². The van der Waals surface area contributed by atoms with Crippen LogP contribution in [0.5, 0.6) is 0 Å². The Hall–Kier alpha value is -2.14. The van der Waals surface area contributed by atoms with Crippen molar-refractivity contribution in [2.75, 3.05) is 6.61 Å². The monoisotopic (exact) mass is 337 g/mol. The zero-order valence-corrected chi connectivity index (χ0v) is 12.8. The highest BCUT2D eigenvalue weighted by Crippen LogP contribution is 2.40. The molecule has 2 aromatic carbocycles. The number of alkyl carbamates (subject to hydrolysis) is 1. The Morgan fingerprint density at radius 2 is 1.83 bits per heavy atom. The number of hydrogen-bond acceptors (Lipinski definition) is 2. The molecule has 1 aliphatic carbocycles. The number of benzene rings is 2. The predicted molar refractivity (Wildman–Crippen MR) is 84.1 cm³/mol. The number of nitrogens with one attached hydrogen (secondary N) is 1. The topological polar surface area (TPSA) is 38.3 Å². The second kappa shape index (κ2) is 5.49. The van der Waals surface area contributed by atoms with Crippen molar-refractivity contribution in [3.05, 3.63) is 59.2 Å². The molecule has 1 saturated heterocycles. The van der Waals surface area contributed by atoms with Crippen LogP contribution >= 0.6 is 12.4 Å². The van der Waals surface area contributed by atoms with Crippen molar-refractivity contribution in [1.29, 1.82) is 0 Å².